The van der Waals surface area contributed by atoms with Crippen LogP contribution in [0.5, 0.6) is 11.5 Å². The van der Waals surface area contributed by atoms with Gasteiger partial charge in [-0.2, -0.15) is 0 Å². The monoisotopic (exact) mass is 316 g/mol. The number of ether oxygens (including phenoxy) is 2. The summed E-state index contributed by atoms with van der Waals surface area (Å²) in [7, 11) is 2.28. The van der Waals surface area contributed by atoms with Gasteiger partial charge in [-0.3, -0.25) is 0 Å². The maximum atomic E-state index is 14.4. The molecule has 4 nitrogen and oxygen atoms in total. The van der Waals surface area contributed by atoms with Crippen LogP contribution in [0.25, 0.3) is 11.1 Å². The molecule has 1 aliphatic rings. The molecule has 2 aromatic rings. The van der Waals surface area contributed by atoms with E-state index in [1.807, 2.05) is 24.3 Å². The molecule has 1 saturated heterocycles. The third kappa shape index (κ3) is 3.18. The lowest BCUT2D eigenvalue weighted by Gasteiger charge is -2.13. The molecular weight excluding hydrogens is 298 g/mol. The molecule has 3 rings (SSSR count). The van der Waals surface area contributed by atoms with E-state index in [9.17, 15) is 9.41 Å². The molecular formula is C17H18BFO4. The maximum absolute atomic E-state index is 14.4. The summed E-state index contributed by atoms with van der Waals surface area (Å²) in [5.41, 5.74) is 2.22. The minimum Gasteiger partial charge on any atom is -0.493 e. The van der Waals surface area contributed by atoms with Gasteiger partial charge in [0.15, 0.2) is 11.5 Å². The first kappa shape index (κ1) is 15.8. The van der Waals surface area contributed by atoms with Gasteiger partial charge in [0.25, 0.3) is 0 Å². The Hall–Kier alpha value is -2.05. The van der Waals surface area contributed by atoms with Crippen molar-refractivity contribution in [2.75, 3.05) is 20.8 Å². The normalized spacial score (nSPS) is 17.4. The third-order valence-electron chi connectivity index (χ3n) is 4.12. The molecule has 1 atom stereocenters. The van der Waals surface area contributed by atoms with Gasteiger partial charge in [0.1, 0.15) is 5.82 Å². The lowest BCUT2D eigenvalue weighted by Crippen LogP contribution is -2.07. The molecule has 0 aliphatic carbocycles. The van der Waals surface area contributed by atoms with Gasteiger partial charge < -0.3 is 19.2 Å². The van der Waals surface area contributed by atoms with Crippen LogP contribution in [-0.2, 0) is 4.65 Å². The standard InChI is InChI=1S/C17H18BFO4/c1-21-16-7-14(15(19)8-17(16)22-2)12-5-3-4-11(6-12)13-9-18(20)23-10-13/h3-8,13,20H,9-10H2,1-2H3/t13-/m1/s1. The predicted octanol–water partition coefficient (Wildman–Crippen LogP) is 3.10. The lowest BCUT2D eigenvalue weighted by molar-refractivity contribution is 0.292. The van der Waals surface area contributed by atoms with Crippen LogP contribution < -0.4 is 9.47 Å². The Kier molecular flexibility index (Phi) is 4.55. The molecule has 0 amide bonds. The summed E-state index contributed by atoms with van der Waals surface area (Å²) in [5, 5.41) is 9.50. The summed E-state index contributed by atoms with van der Waals surface area (Å²) in [6, 6.07) is 10.6. The Morgan fingerprint density at radius 3 is 2.57 bits per heavy atom. The van der Waals surface area contributed by atoms with Crippen LogP contribution in [0, 0.1) is 5.82 Å². The zero-order chi connectivity index (χ0) is 16.4. The van der Waals surface area contributed by atoms with E-state index in [1.165, 1.54) is 20.3 Å². The summed E-state index contributed by atoms with van der Waals surface area (Å²) in [4.78, 5) is 0. The van der Waals surface area contributed by atoms with E-state index in [4.69, 9.17) is 14.1 Å². The van der Waals surface area contributed by atoms with Crippen molar-refractivity contribution < 1.29 is 23.5 Å². The van der Waals surface area contributed by atoms with Crippen LogP contribution in [0.4, 0.5) is 4.39 Å². The van der Waals surface area contributed by atoms with E-state index in [-0.39, 0.29) is 11.7 Å². The molecule has 1 fully saturated rings. The molecule has 0 saturated carbocycles. The maximum Gasteiger partial charge on any atom is 0.454 e. The Bertz CT molecular complexity index is 707. The van der Waals surface area contributed by atoms with Crippen LogP contribution in [0.2, 0.25) is 6.32 Å². The first-order valence-electron chi connectivity index (χ1n) is 7.44. The number of halogens is 1. The van der Waals surface area contributed by atoms with E-state index in [0.717, 1.165) is 11.1 Å². The first-order chi connectivity index (χ1) is 11.1. The smallest absolute Gasteiger partial charge is 0.454 e. The Balaban J connectivity index is 1.99. The SMILES string of the molecule is COc1cc(F)c(-c2cccc([C@H]3COB(O)C3)c2)cc1OC. The summed E-state index contributed by atoms with van der Waals surface area (Å²) < 4.78 is 30.0. The number of benzene rings is 2. The largest absolute Gasteiger partial charge is 0.493 e. The van der Waals surface area contributed by atoms with Crippen molar-refractivity contribution in [3.8, 4) is 22.6 Å². The molecule has 1 aliphatic heterocycles. The van der Waals surface area contributed by atoms with Gasteiger partial charge in [0, 0.05) is 24.2 Å². The number of methoxy groups -OCH3 is 2. The number of hydrogen-bond acceptors (Lipinski definition) is 4. The zero-order valence-electron chi connectivity index (χ0n) is 13.1. The first-order valence-corrected chi connectivity index (χ1v) is 7.44. The second-order valence-electron chi connectivity index (χ2n) is 5.53. The molecule has 1 N–H and O–H groups in total. The van der Waals surface area contributed by atoms with Gasteiger partial charge in [0.2, 0.25) is 0 Å². The molecule has 120 valence electrons. The summed E-state index contributed by atoms with van der Waals surface area (Å²) in [6.45, 7) is 0.471. The molecule has 0 aromatic heterocycles. The van der Waals surface area contributed by atoms with Gasteiger partial charge >= 0.3 is 7.12 Å². The van der Waals surface area contributed by atoms with E-state index >= 15 is 0 Å². The highest BCUT2D eigenvalue weighted by Crippen LogP contribution is 2.36. The van der Waals surface area contributed by atoms with Gasteiger partial charge in [-0.05, 0) is 23.5 Å². The van der Waals surface area contributed by atoms with Gasteiger partial charge in [-0.25, -0.2) is 4.39 Å². The second-order valence-corrected chi connectivity index (χ2v) is 5.53. The van der Waals surface area contributed by atoms with Crippen LogP contribution in [0.15, 0.2) is 36.4 Å². The van der Waals surface area contributed by atoms with Gasteiger partial charge in [-0.1, -0.05) is 24.3 Å². The molecule has 6 heteroatoms. The zero-order valence-corrected chi connectivity index (χ0v) is 13.1. The second kappa shape index (κ2) is 6.60. The minimum absolute atomic E-state index is 0.119. The minimum atomic E-state index is -0.721. The highest BCUT2D eigenvalue weighted by molar-refractivity contribution is 6.43. The summed E-state index contributed by atoms with van der Waals surface area (Å²) >= 11 is 0. The van der Waals surface area contributed by atoms with Crippen molar-refractivity contribution in [1.82, 2.24) is 0 Å². The number of hydrogen-bond donors (Lipinski definition) is 1. The lowest BCUT2D eigenvalue weighted by atomic mass is 9.79. The summed E-state index contributed by atoms with van der Waals surface area (Å²) in [6.07, 6.45) is 0.553. The van der Waals surface area contributed by atoms with Gasteiger partial charge in [-0.15, -0.1) is 0 Å². The highest BCUT2D eigenvalue weighted by Gasteiger charge is 2.29. The van der Waals surface area contributed by atoms with E-state index in [2.05, 4.69) is 0 Å². The molecule has 0 bridgehead atoms. The molecule has 0 radical (unpaired) electrons. The van der Waals surface area contributed by atoms with Crippen LogP contribution in [0.3, 0.4) is 0 Å². The fourth-order valence-electron chi connectivity index (χ4n) is 2.87. The van der Waals surface area contributed by atoms with Crippen molar-refractivity contribution in [2.45, 2.75) is 12.2 Å². The predicted molar refractivity (Wildman–Crippen MR) is 86.4 cm³/mol. The van der Waals surface area contributed by atoms with Crippen LogP contribution >= 0.6 is 0 Å². The molecule has 0 spiro atoms. The topological polar surface area (TPSA) is 47.9 Å². The fourth-order valence-corrected chi connectivity index (χ4v) is 2.87. The van der Waals surface area contributed by atoms with Gasteiger partial charge in [0.05, 0.1) is 14.2 Å². The van der Waals surface area contributed by atoms with Crippen molar-refractivity contribution >= 4 is 7.12 Å². The molecule has 1 heterocycles. The summed E-state index contributed by atoms with van der Waals surface area (Å²) in [5.74, 6) is 0.585. The molecule has 0 unspecified atom stereocenters. The quantitative estimate of drug-likeness (QED) is 0.881. The van der Waals surface area contributed by atoms with Crippen molar-refractivity contribution in [3.05, 3.63) is 47.8 Å². The Labute approximate surface area is 135 Å². The Morgan fingerprint density at radius 2 is 1.91 bits per heavy atom. The average molecular weight is 316 g/mol. The van der Waals surface area contributed by atoms with Crippen LogP contribution in [0.1, 0.15) is 11.5 Å². The highest BCUT2D eigenvalue weighted by atomic mass is 19.1. The van der Waals surface area contributed by atoms with Crippen LogP contribution in [-0.4, -0.2) is 33.0 Å². The van der Waals surface area contributed by atoms with Crippen molar-refractivity contribution in [1.29, 1.82) is 0 Å². The van der Waals surface area contributed by atoms with Crippen molar-refractivity contribution in [2.24, 2.45) is 0 Å². The third-order valence-corrected chi connectivity index (χ3v) is 4.12. The average Bonchev–Trinajstić information content (AvgIpc) is 3.01. The Morgan fingerprint density at radius 1 is 1.17 bits per heavy atom. The molecule has 23 heavy (non-hydrogen) atoms. The fraction of sp³-hybridized carbons (Fsp3) is 0.294. The molecule has 2 aromatic carbocycles. The number of rotatable bonds is 4. The van der Waals surface area contributed by atoms with E-state index in [1.54, 1.807) is 6.07 Å². The van der Waals surface area contributed by atoms with Crippen molar-refractivity contribution in [3.63, 3.8) is 0 Å². The van der Waals surface area contributed by atoms with E-state index in [0.29, 0.717) is 30.0 Å². The van der Waals surface area contributed by atoms with E-state index < -0.39 is 7.12 Å².